The van der Waals surface area contributed by atoms with Crippen LogP contribution in [-0.2, 0) is 9.59 Å². The Morgan fingerprint density at radius 1 is 1.38 bits per heavy atom. The van der Waals surface area contributed by atoms with Gasteiger partial charge in [0.2, 0.25) is 0 Å². The molecule has 0 aliphatic heterocycles. The topological polar surface area (TPSA) is 34.1 Å². The van der Waals surface area contributed by atoms with Crippen LogP contribution in [0.25, 0.3) is 0 Å². The smallest absolute Gasteiger partial charge is 0.146 e. The third-order valence-corrected chi connectivity index (χ3v) is 3.70. The second kappa shape index (κ2) is 6.82. The Hall–Kier alpha value is -0.660. The SMILES string of the molecule is CCCCC(CC)C(=O)C1CCCCC1=O. The van der Waals surface area contributed by atoms with Gasteiger partial charge < -0.3 is 0 Å². The van der Waals surface area contributed by atoms with Gasteiger partial charge in [-0.25, -0.2) is 0 Å². The number of Topliss-reactive ketones (excluding diaryl/α,β-unsaturated/α-hetero) is 2. The Labute approximate surface area is 98.8 Å². The van der Waals surface area contributed by atoms with E-state index in [1.165, 1.54) is 0 Å². The van der Waals surface area contributed by atoms with Gasteiger partial charge in [-0.1, -0.05) is 33.1 Å². The summed E-state index contributed by atoms with van der Waals surface area (Å²) >= 11 is 0. The lowest BCUT2D eigenvalue weighted by Crippen LogP contribution is -2.32. The Bertz CT molecular complexity index is 245. The first-order valence-corrected chi connectivity index (χ1v) is 6.77. The largest absolute Gasteiger partial charge is 0.299 e. The molecule has 0 N–H and O–H groups in total. The number of carbonyl (C=O) groups excluding carboxylic acids is 2. The number of hydrogen-bond acceptors (Lipinski definition) is 2. The lowest BCUT2D eigenvalue weighted by molar-refractivity contribution is -0.137. The van der Waals surface area contributed by atoms with Crippen LogP contribution in [0.15, 0.2) is 0 Å². The number of hydrogen-bond donors (Lipinski definition) is 0. The molecule has 0 aromatic carbocycles. The van der Waals surface area contributed by atoms with Crippen LogP contribution in [0.5, 0.6) is 0 Å². The molecule has 0 saturated heterocycles. The number of carbonyl (C=O) groups is 2. The van der Waals surface area contributed by atoms with Crippen molar-refractivity contribution in [2.75, 3.05) is 0 Å². The van der Waals surface area contributed by atoms with Crippen molar-refractivity contribution in [3.63, 3.8) is 0 Å². The van der Waals surface area contributed by atoms with E-state index in [0.717, 1.165) is 44.9 Å². The summed E-state index contributed by atoms with van der Waals surface area (Å²) in [7, 11) is 0. The summed E-state index contributed by atoms with van der Waals surface area (Å²) in [5.41, 5.74) is 0. The third kappa shape index (κ3) is 3.43. The van der Waals surface area contributed by atoms with Gasteiger partial charge >= 0.3 is 0 Å². The zero-order valence-corrected chi connectivity index (χ0v) is 10.6. The monoisotopic (exact) mass is 224 g/mol. The van der Waals surface area contributed by atoms with Crippen molar-refractivity contribution in [3.05, 3.63) is 0 Å². The van der Waals surface area contributed by atoms with Crippen molar-refractivity contribution in [2.45, 2.75) is 65.2 Å². The molecule has 0 aromatic rings. The molecule has 2 atom stereocenters. The molecular weight excluding hydrogens is 200 g/mol. The predicted molar refractivity (Wildman–Crippen MR) is 65.3 cm³/mol. The first kappa shape index (κ1) is 13.4. The lowest BCUT2D eigenvalue weighted by atomic mass is 9.78. The van der Waals surface area contributed by atoms with E-state index in [2.05, 4.69) is 13.8 Å². The first-order chi connectivity index (χ1) is 7.70. The van der Waals surface area contributed by atoms with E-state index in [9.17, 15) is 9.59 Å². The van der Waals surface area contributed by atoms with E-state index in [0.29, 0.717) is 6.42 Å². The van der Waals surface area contributed by atoms with Crippen LogP contribution >= 0.6 is 0 Å². The molecule has 2 heteroatoms. The zero-order valence-electron chi connectivity index (χ0n) is 10.6. The van der Waals surface area contributed by atoms with E-state index >= 15 is 0 Å². The highest BCUT2D eigenvalue weighted by Crippen LogP contribution is 2.27. The van der Waals surface area contributed by atoms with Gasteiger partial charge in [-0.05, 0) is 25.7 Å². The Balaban J connectivity index is 2.55. The van der Waals surface area contributed by atoms with Crippen LogP contribution in [-0.4, -0.2) is 11.6 Å². The van der Waals surface area contributed by atoms with Gasteiger partial charge in [-0.15, -0.1) is 0 Å². The van der Waals surface area contributed by atoms with E-state index in [1.807, 2.05) is 0 Å². The lowest BCUT2D eigenvalue weighted by Gasteiger charge is -2.23. The molecule has 0 amide bonds. The summed E-state index contributed by atoms with van der Waals surface area (Å²) in [5, 5.41) is 0. The van der Waals surface area contributed by atoms with Crippen LogP contribution in [0.2, 0.25) is 0 Å². The number of rotatable bonds is 6. The second-order valence-electron chi connectivity index (χ2n) is 4.91. The summed E-state index contributed by atoms with van der Waals surface area (Å²) < 4.78 is 0. The summed E-state index contributed by atoms with van der Waals surface area (Å²) in [4.78, 5) is 23.9. The van der Waals surface area contributed by atoms with Crippen LogP contribution in [0, 0.1) is 11.8 Å². The molecule has 92 valence electrons. The highest BCUT2D eigenvalue weighted by atomic mass is 16.2. The second-order valence-corrected chi connectivity index (χ2v) is 4.91. The molecule has 1 aliphatic rings. The molecule has 0 bridgehead atoms. The fourth-order valence-electron chi connectivity index (χ4n) is 2.57. The van der Waals surface area contributed by atoms with Gasteiger partial charge in [0.15, 0.2) is 0 Å². The van der Waals surface area contributed by atoms with Crippen molar-refractivity contribution in [2.24, 2.45) is 11.8 Å². The highest BCUT2D eigenvalue weighted by molar-refractivity contribution is 6.03. The van der Waals surface area contributed by atoms with Crippen molar-refractivity contribution in [3.8, 4) is 0 Å². The normalized spacial score (nSPS) is 23.1. The Morgan fingerprint density at radius 2 is 2.12 bits per heavy atom. The minimum Gasteiger partial charge on any atom is -0.299 e. The predicted octanol–water partition coefficient (Wildman–Crippen LogP) is 3.53. The maximum atomic E-state index is 12.2. The van der Waals surface area contributed by atoms with E-state index in [4.69, 9.17) is 0 Å². The Kier molecular flexibility index (Phi) is 5.72. The third-order valence-electron chi connectivity index (χ3n) is 3.70. The first-order valence-electron chi connectivity index (χ1n) is 6.77. The van der Waals surface area contributed by atoms with Gasteiger partial charge in [-0.2, -0.15) is 0 Å². The molecule has 0 heterocycles. The fourth-order valence-corrected chi connectivity index (χ4v) is 2.57. The van der Waals surface area contributed by atoms with Crippen molar-refractivity contribution >= 4 is 11.6 Å². The summed E-state index contributed by atoms with van der Waals surface area (Å²) in [6.07, 6.45) is 7.55. The minimum absolute atomic E-state index is 0.131. The maximum Gasteiger partial charge on any atom is 0.146 e. The van der Waals surface area contributed by atoms with Crippen molar-refractivity contribution < 1.29 is 9.59 Å². The van der Waals surface area contributed by atoms with Crippen LogP contribution in [0.1, 0.15) is 65.2 Å². The van der Waals surface area contributed by atoms with Gasteiger partial charge in [0.25, 0.3) is 0 Å². The average molecular weight is 224 g/mol. The molecular formula is C14H24O2. The van der Waals surface area contributed by atoms with Gasteiger partial charge in [0, 0.05) is 12.3 Å². The molecule has 2 nitrogen and oxygen atoms in total. The molecule has 16 heavy (non-hydrogen) atoms. The van der Waals surface area contributed by atoms with E-state index < -0.39 is 0 Å². The standard InChI is InChI=1S/C14H24O2/c1-3-5-8-11(4-2)14(16)12-9-6-7-10-13(12)15/h11-12H,3-10H2,1-2H3. The molecule has 0 radical (unpaired) electrons. The zero-order chi connectivity index (χ0) is 12.0. The van der Waals surface area contributed by atoms with Crippen molar-refractivity contribution in [1.82, 2.24) is 0 Å². The summed E-state index contributed by atoms with van der Waals surface area (Å²) in [5.74, 6) is 0.314. The van der Waals surface area contributed by atoms with Crippen molar-refractivity contribution in [1.29, 1.82) is 0 Å². The molecule has 1 rings (SSSR count). The number of ketones is 2. The quantitative estimate of drug-likeness (QED) is 0.647. The summed E-state index contributed by atoms with van der Waals surface area (Å²) in [6, 6.07) is 0. The molecule has 0 aromatic heterocycles. The molecule has 1 aliphatic carbocycles. The van der Waals surface area contributed by atoms with E-state index in [-0.39, 0.29) is 23.4 Å². The van der Waals surface area contributed by atoms with Crippen LogP contribution in [0.3, 0.4) is 0 Å². The fraction of sp³-hybridized carbons (Fsp3) is 0.857. The molecule has 2 unspecified atom stereocenters. The molecule has 0 spiro atoms. The minimum atomic E-state index is -0.254. The molecule has 1 fully saturated rings. The highest BCUT2D eigenvalue weighted by Gasteiger charge is 2.32. The van der Waals surface area contributed by atoms with Crippen LogP contribution in [0.4, 0.5) is 0 Å². The summed E-state index contributed by atoms with van der Waals surface area (Å²) in [6.45, 7) is 4.20. The van der Waals surface area contributed by atoms with Crippen LogP contribution < -0.4 is 0 Å². The average Bonchev–Trinajstić information content (AvgIpc) is 2.30. The molecule has 1 saturated carbocycles. The van der Waals surface area contributed by atoms with Gasteiger partial charge in [-0.3, -0.25) is 9.59 Å². The number of unbranched alkanes of at least 4 members (excludes halogenated alkanes) is 1. The van der Waals surface area contributed by atoms with E-state index in [1.54, 1.807) is 0 Å². The van der Waals surface area contributed by atoms with Gasteiger partial charge in [0.05, 0.1) is 5.92 Å². The Morgan fingerprint density at radius 3 is 2.69 bits per heavy atom. The van der Waals surface area contributed by atoms with Gasteiger partial charge in [0.1, 0.15) is 11.6 Å². The maximum absolute atomic E-state index is 12.2.